The van der Waals surface area contributed by atoms with Crippen LogP contribution in [-0.2, 0) is 25.6 Å². The van der Waals surface area contributed by atoms with Crippen LogP contribution in [0.25, 0.3) is 32.7 Å². The first-order valence-electron chi connectivity index (χ1n) is 11.6. The summed E-state index contributed by atoms with van der Waals surface area (Å²) in [5.74, 6) is -5.58. The lowest BCUT2D eigenvalue weighted by atomic mass is 10.1. The second-order valence-corrected chi connectivity index (χ2v) is 7.99. The Kier molecular flexibility index (Phi) is 9.92. The van der Waals surface area contributed by atoms with Gasteiger partial charge in [-0.15, -0.1) is 10.5 Å². The number of azide groups is 1. The zero-order valence-electron chi connectivity index (χ0n) is 21.7. The molecule has 3 aromatic rings. The molecule has 0 bridgehead atoms. The number of anilines is 2. The first-order chi connectivity index (χ1) is 20.0. The summed E-state index contributed by atoms with van der Waals surface area (Å²) in [4.78, 5) is 51.2. The van der Waals surface area contributed by atoms with Crippen LogP contribution < -0.4 is 15.8 Å². The van der Waals surface area contributed by atoms with Gasteiger partial charge in [0.1, 0.15) is 36.8 Å². The highest BCUT2D eigenvalue weighted by molar-refractivity contribution is 6.02. The van der Waals surface area contributed by atoms with Crippen molar-refractivity contribution in [2.75, 3.05) is 23.5 Å². The highest BCUT2D eigenvalue weighted by Gasteiger charge is 2.33. The molecule has 42 heavy (non-hydrogen) atoms. The molecule has 16 heteroatoms. The Morgan fingerprint density at radius 3 is 2.40 bits per heavy atom. The normalized spacial score (nSPS) is 10.3. The molecule has 3 rings (SSSR count). The van der Waals surface area contributed by atoms with Crippen molar-refractivity contribution in [3.63, 3.8) is 0 Å². The van der Waals surface area contributed by atoms with Crippen LogP contribution in [0.3, 0.4) is 0 Å². The van der Waals surface area contributed by atoms with Gasteiger partial charge in [0.25, 0.3) is 0 Å². The third kappa shape index (κ3) is 6.68. The van der Waals surface area contributed by atoms with Gasteiger partial charge in [-0.3, -0.25) is 10.1 Å². The Morgan fingerprint density at radius 2 is 1.79 bits per heavy atom. The van der Waals surface area contributed by atoms with Crippen LogP contribution >= 0.6 is 0 Å². The highest BCUT2D eigenvalue weighted by Crippen LogP contribution is 2.36. The predicted octanol–water partition coefficient (Wildman–Crippen LogP) is 6.03. The van der Waals surface area contributed by atoms with E-state index in [0.717, 1.165) is 25.1 Å². The van der Waals surface area contributed by atoms with Gasteiger partial charge in [-0.05, 0) is 23.4 Å². The number of hydrogen-bond acceptors (Lipinski definition) is 9. The number of rotatable bonds is 10. The molecule has 0 saturated heterocycles. The summed E-state index contributed by atoms with van der Waals surface area (Å²) < 4.78 is 65.6. The first-order valence-corrected chi connectivity index (χ1v) is 11.6. The standard InChI is InChI=1S/C26H20F3N5O8/c1-4-8-39-25(37)31-17-7-6-14(10-16(17)27)19-11-18(36)20-23(34(13(3)35)33-32-30)21(28)15(22(29)24(20)42-19)12-41-26(38)40-9-5-2/h4-7,10-11H,1-2,8-9,12H2,3H3,(H,31,37). The Balaban J connectivity index is 2.21. The summed E-state index contributed by atoms with van der Waals surface area (Å²) >= 11 is 0. The quantitative estimate of drug-likeness (QED) is 0.0747. The molecule has 1 N–H and O–H groups in total. The van der Waals surface area contributed by atoms with E-state index in [4.69, 9.17) is 19.4 Å². The van der Waals surface area contributed by atoms with Crippen molar-refractivity contribution in [3.05, 3.63) is 93.3 Å². The lowest BCUT2D eigenvalue weighted by molar-refractivity contribution is -0.116. The van der Waals surface area contributed by atoms with Gasteiger partial charge in [-0.25, -0.2) is 27.6 Å². The zero-order valence-corrected chi connectivity index (χ0v) is 21.7. The van der Waals surface area contributed by atoms with Gasteiger partial charge in [0.15, 0.2) is 28.3 Å². The molecule has 2 amide bonds. The summed E-state index contributed by atoms with van der Waals surface area (Å²) in [6, 6.07) is 3.91. The van der Waals surface area contributed by atoms with Gasteiger partial charge in [0.05, 0.1) is 11.3 Å². The average Bonchev–Trinajstić information content (AvgIpc) is 2.95. The number of hydrogen-bond donors (Lipinski definition) is 1. The molecule has 0 aliphatic rings. The maximum atomic E-state index is 15.7. The van der Waals surface area contributed by atoms with Crippen molar-refractivity contribution in [1.82, 2.24) is 0 Å². The Labute approximate surface area is 234 Å². The number of halogens is 3. The Morgan fingerprint density at radius 1 is 1.10 bits per heavy atom. The number of nitrogens with zero attached hydrogens (tertiary/aromatic N) is 4. The molecule has 1 heterocycles. The maximum Gasteiger partial charge on any atom is 0.508 e. The van der Waals surface area contributed by atoms with E-state index in [1.165, 1.54) is 18.2 Å². The molecule has 218 valence electrons. The van der Waals surface area contributed by atoms with Crippen molar-refractivity contribution in [2.24, 2.45) is 5.22 Å². The molecule has 0 unspecified atom stereocenters. The fourth-order valence-corrected chi connectivity index (χ4v) is 3.48. The molecular formula is C26H20F3N5O8. The molecule has 0 radical (unpaired) electrons. The van der Waals surface area contributed by atoms with E-state index in [1.54, 1.807) is 0 Å². The number of nitrogens with one attached hydrogen (secondary N) is 1. The van der Waals surface area contributed by atoms with E-state index >= 15 is 8.78 Å². The summed E-state index contributed by atoms with van der Waals surface area (Å²) in [5, 5.41) is 4.53. The van der Waals surface area contributed by atoms with Crippen LogP contribution in [0.15, 0.2) is 64.0 Å². The predicted molar refractivity (Wildman–Crippen MR) is 142 cm³/mol. The topological polar surface area (TPSA) is 173 Å². The minimum Gasteiger partial charge on any atom is -0.453 e. The van der Waals surface area contributed by atoms with Gasteiger partial charge in [-0.2, -0.15) is 4.91 Å². The number of amides is 2. The van der Waals surface area contributed by atoms with Crippen LogP contribution in [0.5, 0.6) is 0 Å². The molecule has 13 nitrogen and oxygen atoms in total. The maximum absolute atomic E-state index is 15.7. The molecule has 0 aliphatic heterocycles. The SMILES string of the molecule is C=CCOC(=O)Nc1ccc(-c2cc(=O)c3c(N(N=[N+]=[N-])C(C)=O)c(F)c(COC(=O)OCC=C)c(F)c3o2)cc1F. The van der Waals surface area contributed by atoms with Gasteiger partial charge in [0.2, 0.25) is 0 Å². The minimum atomic E-state index is -1.58. The van der Waals surface area contributed by atoms with Crippen LogP contribution in [0, 0.1) is 17.5 Å². The summed E-state index contributed by atoms with van der Waals surface area (Å²) in [7, 11) is 0. The molecule has 1 aromatic heterocycles. The van der Waals surface area contributed by atoms with Crippen molar-refractivity contribution < 1.29 is 46.2 Å². The summed E-state index contributed by atoms with van der Waals surface area (Å²) in [6.45, 7) is 6.06. The van der Waals surface area contributed by atoms with E-state index in [0.29, 0.717) is 0 Å². The van der Waals surface area contributed by atoms with Crippen molar-refractivity contribution in [1.29, 1.82) is 0 Å². The molecule has 0 aliphatic carbocycles. The number of ether oxygens (including phenoxy) is 3. The number of benzene rings is 2. The monoisotopic (exact) mass is 587 g/mol. The van der Waals surface area contributed by atoms with Crippen LogP contribution in [-0.4, -0.2) is 31.4 Å². The lowest BCUT2D eigenvalue weighted by Crippen LogP contribution is -2.25. The van der Waals surface area contributed by atoms with Crippen LogP contribution in [0.1, 0.15) is 12.5 Å². The Hall–Kier alpha value is -5.76. The molecular weight excluding hydrogens is 567 g/mol. The van der Waals surface area contributed by atoms with Gasteiger partial charge in [-0.1, -0.05) is 25.3 Å². The smallest absolute Gasteiger partial charge is 0.453 e. The van der Waals surface area contributed by atoms with Crippen molar-refractivity contribution in [2.45, 2.75) is 13.5 Å². The van der Waals surface area contributed by atoms with E-state index < -0.39 is 75.6 Å². The fraction of sp³-hybridized carbons (Fsp3) is 0.154. The number of carbonyl (C=O) groups is 3. The van der Waals surface area contributed by atoms with E-state index in [9.17, 15) is 23.6 Å². The number of carbonyl (C=O) groups excluding carboxylic acids is 3. The average molecular weight is 587 g/mol. The molecule has 0 fully saturated rings. The third-order valence-electron chi connectivity index (χ3n) is 5.24. The van der Waals surface area contributed by atoms with Crippen molar-refractivity contribution >= 4 is 40.5 Å². The van der Waals surface area contributed by atoms with Gasteiger partial charge >= 0.3 is 18.2 Å². The first kappa shape index (κ1) is 30.8. The third-order valence-corrected chi connectivity index (χ3v) is 5.24. The molecule has 0 spiro atoms. The van der Waals surface area contributed by atoms with Crippen LogP contribution in [0.4, 0.5) is 34.1 Å². The second kappa shape index (κ2) is 13.5. The van der Waals surface area contributed by atoms with Gasteiger partial charge < -0.3 is 18.6 Å². The second-order valence-electron chi connectivity index (χ2n) is 7.99. The van der Waals surface area contributed by atoms with E-state index in [2.05, 4.69) is 33.3 Å². The summed E-state index contributed by atoms with van der Waals surface area (Å²) in [5.41, 5.74) is 4.42. The molecule has 0 atom stereocenters. The lowest BCUT2D eigenvalue weighted by Gasteiger charge is -2.16. The zero-order chi connectivity index (χ0) is 31.0. The van der Waals surface area contributed by atoms with Crippen LogP contribution in [0.2, 0.25) is 0 Å². The fourth-order valence-electron chi connectivity index (χ4n) is 3.48. The summed E-state index contributed by atoms with van der Waals surface area (Å²) in [6.07, 6.45) is 0.193. The van der Waals surface area contributed by atoms with E-state index in [1.807, 2.05) is 0 Å². The number of fused-ring (bicyclic) bond motifs is 1. The largest absolute Gasteiger partial charge is 0.508 e. The van der Waals surface area contributed by atoms with E-state index in [-0.39, 0.29) is 29.5 Å². The van der Waals surface area contributed by atoms with Gasteiger partial charge in [0, 0.05) is 18.6 Å². The Bertz CT molecular complexity index is 1700. The highest BCUT2D eigenvalue weighted by atomic mass is 19.1. The molecule has 2 aromatic carbocycles. The minimum absolute atomic E-state index is 0.119. The molecule has 0 saturated carbocycles. The van der Waals surface area contributed by atoms with Crippen molar-refractivity contribution in [3.8, 4) is 11.3 Å².